The van der Waals surface area contributed by atoms with E-state index in [2.05, 4.69) is 42.2 Å². The first kappa shape index (κ1) is 17.0. The summed E-state index contributed by atoms with van der Waals surface area (Å²) >= 11 is 6.87. The van der Waals surface area contributed by atoms with Gasteiger partial charge in [-0.3, -0.25) is 9.78 Å². The third-order valence-electron chi connectivity index (χ3n) is 3.16. The molecular weight excluding hydrogens is 410 g/mol. The van der Waals surface area contributed by atoms with Gasteiger partial charge in [0.05, 0.1) is 11.9 Å². The summed E-state index contributed by atoms with van der Waals surface area (Å²) in [6.45, 7) is 1.18. The number of pyridine rings is 1. The molecule has 22 heavy (non-hydrogen) atoms. The van der Waals surface area contributed by atoms with Gasteiger partial charge in [0.1, 0.15) is 0 Å². The molecule has 0 unspecified atom stereocenters. The number of hydrogen-bond donors (Lipinski definition) is 1. The largest absolute Gasteiger partial charge is 0.383 e. The summed E-state index contributed by atoms with van der Waals surface area (Å²) in [5, 5.41) is 3.20. The molecule has 1 amide bonds. The topological polar surface area (TPSA) is 45.2 Å². The lowest BCUT2D eigenvalue weighted by atomic mass is 10.2. The van der Waals surface area contributed by atoms with Gasteiger partial charge in [-0.05, 0) is 33.6 Å². The predicted molar refractivity (Wildman–Crippen MR) is 95.7 cm³/mol. The Bertz CT molecular complexity index is 649. The van der Waals surface area contributed by atoms with E-state index in [4.69, 9.17) is 0 Å². The fraction of sp³-hybridized carbons (Fsp3) is 0.250. The summed E-state index contributed by atoms with van der Waals surface area (Å²) in [5.41, 5.74) is 2.00. The van der Waals surface area contributed by atoms with Gasteiger partial charge in [-0.2, -0.15) is 0 Å². The van der Waals surface area contributed by atoms with Crippen molar-refractivity contribution in [3.63, 3.8) is 0 Å². The average Bonchev–Trinajstić information content (AvgIpc) is 2.49. The van der Waals surface area contributed by atoms with E-state index >= 15 is 0 Å². The molecule has 1 aromatic carbocycles. The van der Waals surface area contributed by atoms with Gasteiger partial charge in [-0.25, -0.2) is 0 Å². The Hall–Kier alpha value is -1.40. The van der Waals surface area contributed by atoms with E-state index in [9.17, 15) is 4.79 Å². The van der Waals surface area contributed by atoms with E-state index in [0.717, 1.165) is 20.2 Å². The number of aromatic nitrogens is 1. The molecule has 0 saturated heterocycles. The number of nitrogens with zero attached hydrogens (tertiary/aromatic N) is 2. The van der Waals surface area contributed by atoms with Crippen molar-refractivity contribution in [2.75, 3.05) is 18.9 Å². The van der Waals surface area contributed by atoms with Gasteiger partial charge >= 0.3 is 0 Å². The lowest BCUT2D eigenvalue weighted by Crippen LogP contribution is -2.27. The van der Waals surface area contributed by atoms with Crippen LogP contribution in [0, 0.1) is 0 Å². The summed E-state index contributed by atoms with van der Waals surface area (Å²) < 4.78 is 1.93. The number of nitrogens with one attached hydrogen (secondary N) is 1. The van der Waals surface area contributed by atoms with Crippen LogP contribution >= 0.6 is 31.9 Å². The van der Waals surface area contributed by atoms with Crippen LogP contribution in [0.1, 0.15) is 12.0 Å². The molecule has 6 heteroatoms. The molecule has 0 spiro atoms. The normalized spacial score (nSPS) is 10.3. The summed E-state index contributed by atoms with van der Waals surface area (Å²) in [7, 11) is 1.82. The number of anilines is 1. The van der Waals surface area contributed by atoms with Gasteiger partial charge in [0.2, 0.25) is 5.91 Å². The Kier molecular flexibility index (Phi) is 6.39. The molecule has 116 valence electrons. The molecule has 0 aliphatic rings. The number of hydrogen-bond acceptors (Lipinski definition) is 3. The van der Waals surface area contributed by atoms with E-state index in [1.54, 1.807) is 17.3 Å². The van der Waals surface area contributed by atoms with Crippen LogP contribution in [0.3, 0.4) is 0 Å². The highest BCUT2D eigenvalue weighted by atomic mass is 79.9. The van der Waals surface area contributed by atoms with Crippen LogP contribution in [-0.4, -0.2) is 29.4 Å². The molecule has 2 rings (SSSR count). The van der Waals surface area contributed by atoms with E-state index in [0.29, 0.717) is 19.5 Å². The predicted octanol–water partition coefficient (Wildman–Crippen LogP) is 4.07. The molecule has 0 bridgehead atoms. The number of amides is 1. The quantitative estimate of drug-likeness (QED) is 0.757. The monoisotopic (exact) mass is 425 g/mol. The Morgan fingerprint density at radius 1 is 1.27 bits per heavy atom. The SMILES string of the molecule is CN(Cc1ccccc1Br)C(=O)CCNc1cncc(Br)c1. The van der Waals surface area contributed by atoms with Crippen molar-refractivity contribution in [3.05, 3.63) is 57.2 Å². The maximum atomic E-state index is 12.2. The molecule has 1 N–H and O–H groups in total. The molecule has 2 aromatic rings. The van der Waals surface area contributed by atoms with Crippen molar-refractivity contribution >= 4 is 43.5 Å². The number of halogens is 2. The summed E-state index contributed by atoms with van der Waals surface area (Å²) in [6, 6.07) is 9.86. The molecule has 0 aliphatic heterocycles. The van der Waals surface area contributed by atoms with Crippen LogP contribution in [0.25, 0.3) is 0 Å². The zero-order valence-corrected chi connectivity index (χ0v) is 15.4. The highest BCUT2D eigenvalue weighted by molar-refractivity contribution is 9.10. The third-order valence-corrected chi connectivity index (χ3v) is 4.37. The van der Waals surface area contributed by atoms with Crippen molar-refractivity contribution in [2.45, 2.75) is 13.0 Å². The van der Waals surface area contributed by atoms with Crippen LogP contribution in [0.15, 0.2) is 51.7 Å². The van der Waals surface area contributed by atoms with Crippen molar-refractivity contribution in [1.29, 1.82) is 0 Å². The molecule has 1 aromatic heterocycles. The first-order valence-corrected chi connectivity index (χ1v) is 8.46. The van der Waals surface area contributed by atoms with Crippen molar-refractivity contribution in [3.8, 4) is 0 Å². The Balaban J connectivity index is 1.80. The van der Waals surface area contributed by atoms with Gasteiger partial charge in [-0.15, -0.1) is 0 Å². The van der Waals surface area contributed by atoms with Crippen molar-refractivity contribution in [1.82, 2.24) is 9.88 Å². The molecule has 0 radical (unpaired) electrons. The minimum atomic E-state index is 0.103. The van der Waals surface area contributed by atoms with Gasteiger partial charge in [0.25, 0.3) is 0 Å². The van der Waals surface area contributed by atoms with Crippen LogP contribution in [-0.2, 0) is 11.3 Å². The second kappa shape index (κ2) is 8.29. The Morgan fingerprint density at radius 3 is 2.77 bits per heavy atom. The second-order valence-electron chi connectivity index (χ2n) is 4.91. The fourth-order valence-electron chi connectivity index (χ4n) is 1.98. The second-order valence-corrected chi connectivity index (χ2v) is 6.68. The van der Waals surface area contributed by atoms with Crippen LogP contribution < -0.4 is 5.32 Å². The highest BCUT2D eigenvalue weighted by Gasteiger charge is 2.10. The van der Waals surface area contributed by atoms with Crippen LogP contribution in [0.2, 0.25) is 0 Å². The Labute approximate surface area is 147 Å². The molecule has 0 fully saturated rings. The van der Waals surface area contributed by atoms with Gasteiger partial charge < -0.3 is 10.2 Å². The molecule has 0 saturated carbocycles. The highest BCUT2D eigenvalue weighted by Crippen LogP contribution is 2.17. The standard InChI is InChI=1S/C16H17Br2N3O/c1-21(11-12-4-2-3-5-15(12)18)16(22)6-7-20-14-8-13(17)9-19-10-14/h2-5,8-10,20H,6-7,11H2,1H3. The summed E-state index contributed by atoms with van der Waals surface area (Å²) in [4.78, 5) is 18.0. The zero-order valence-electron chi connectivity index (χ0n) is 12.2. The summed E-state index contributed by atoms with van der Waals surface area (Å²) in [5.74, 6) is 0.103. The van der Waals surface area contributed by atoms with E-state index in [1.165, 1.54) is 0 Å². The molecule has 1 heterocycles. The molecule has 0 aliphatic carbocycles. The van der Waals surface area contributed by atoms with Crippen LogP contribution in [0.5, 0.6) is 0 Å². The Morgan fingerprint density at radius 2 is 2.05 bits per heavy atom. The van der Waals surface area contributed by atoms with E-state index in [-0.39, 0.29) is 5.91 Å². The minimum absolute atomic E-state index is 0.103. The van der Waals surface area contributed by atoms with E-state index in [1.807, 2.05) is 37.4 Å². The smallest absolute Gasteiger partial charge is 0.224 e. The average molecular weight is 427 g/mol. The first-order valence-electron chi connectivity index (χ1n) is 6.88. The fourth-order valence-corrected chi connectivity index (χ4v) is 2.76. The minimum Gasteiger partial charge on any atom is -0.383 e. The lowest BCUT2D eigenvalue weighted by molar-refractivity contribution is -0.130. The maximum absolute atomic E-state index is 12.2. The van der Waals surface area contributed by atoms with E-state index < -0.39 is 0 Å². The van der Waals surface area contributed by atoms with Gasteiger partial charge in [0, 0.05) is 41.7 Å². The number of rotatable bonds is 6. The van der Waals surface area contributed by atoms with Gasteiger partial charge in [0.15, 0.2) is 0 Å². The van der Waals surface area contributed by atoms with Crippen LogP contribution in [0.4, 0.5) is 5.69 Å². The van der Waals surface area contributed by atoms with Crippen molar-refractivity contribution < 1.29 is 4.79 Å². The lowest BCUT2D eigenvalue weighted by Gasteiger charge is -2.18. The van der Waals surface area contributed by atoms with Gasteiger partial charge in [-0.1, -0.05) is 34.1 Å². The molecular formula is C16H17Br2N3O. The number of benzene rings is 1. The first-order chi connectivity index (χ1) is 10.6. The summed E-state index contributed by atoms with van der Waals surface area (Å²) in [6.07, 6.45) is 3.90. The van der Waals surface area contributed by atoms with Crippen molar-refractivity contribution in [2.24, 2.45) is 0 Å². The number of carbonyl (C=O) groups is 1. The molecule has 0 atom stereocenters. The zero-order chi connectivity index (χ0) is 15.9. The third kappa shape index (κ3) is 5.10. The maximum Gasteiger partial charge on any atom is 0.224 e. The molecule has 4 nitrogen and oxygen atoms in total. The number of carbonyl (C=O) groups excluding carboxylic acids is 1.